The first-order valence-corrected chi connectivity index (χ1v) is 9.45. The monoisotopic (exact) mass is 310 g/mol. The van der Waals surface area contributed by atoms with E-state index < -0.39 is 10.0 Å². The summed E-state index contributed by atoms with van der Waals surface area (Å²) in [6.45, 7) is 5.25. The summed E-state index contributed by atoms with van der Waals surface area (Å²) < 4.78 is 26.6. The van der Waals surface area contributed by atoms with Crippen LogP contribution in [0, 0.1) is 6.92 Å². The molecule has 1 N–H and O–H groups in total. The van der Waals surface area contributed by atoms with Crippen molar-refractivity contribution < 1.29 is 8.42 Å². The van der Waals surface area contributed by atoms with E-state index in [1.165, 1.54) is 17.1 Å². The molecule has 0 amide bonds. The summed E-state index contributed by atoms with van der Waals surface area (Å²) in [5, 5.41) is 3.42. The number of rotatable bonds is 9. The van der Waals surface area contributed by atoms with Crippen LogP contribution in [0.3, 0.4) is 0 Å². The summed E-state index contributed by atoms with van der Waals surface area (Å²) >= 11 is 0. The topological polar surface area (TPSA) is 49.4 Å². The number of aryl methyl sites for hydroxylation is 1. The van der Waals surface area contributed by atoms with Crippen LogP contribution < -0.4 is 9.62 Å². The first-order valence-electron chi connectivity index (χ1n) is 7.84. The van der Waals surface area contributed by atoms with E-state index in [0.717, 1.165) is 24.2 Å². The second-order valence-corrected chi connectivity index (χ2v) is 7.72. The lowest BCUT2D eigenvalue weighted by molar-refractivity contribution is 0.582. The van der Waals surface area contributed by atoms with Crippen LogP contribution in [-0.4, -0.2) is 33.3 Å². The van der Waals surface area contributed by atoms with Gasteiger partial charge in [-0.15, -0.1) is 0 Å². The molecule has 0 aromatic heterocycles. The van der Waals surface area contributed by atoms with Crippen LogP contribution in [0.1, 0.15) is 38.2 Å². The molecule has 1 saturated carbocycles. The fourth-order valence-corrected chi connectivity index (χ4v) is 4.16. The highest BCUT2D eigenvalue weighted by Crippen LogP contribution is 2.23. The van der Waals surface area contributed by atoms with E-state index in [4.69, 9.17) is 0 Å². The van der Waals surface area contributed by atoms with Gasteiger partial charge < -0.3 is 5.32 Å². The average Bonchev–Trinajstić information content (AvgIpc) is 3.25. The van der Waals surface area contributed by atoms with E-state index in [1.807, 2.05) is 38.1 Å². The van der Waals surface area contributed by atoms with Crippen molar-refractivity contribution in [3.63, 3.8) is 0 Å². The molecule has 5 heteroatoms. The molecular weight excluding hydrogens is 284 g/mol. The minimum absolute atomic E-state index is 0.224. The zero-order valence-corrected chi connectivity index (χ0v) is 13.8. The molecule has 1 aliphatic carbocycles. The van der Waals surface area contributed by atoms with Crippen molar-refractivity contribution in [2.45, 2.75) is 45.6 Å². The summed E-state index contributed by atoms with van der Waals surface area (Å²) in [5.74, 6) is 0.224. The summed E-state index contributed by atoms with van der Waals surface area (Å²) in [6.07, 6.45) is 4.18. The number of unbranched alkanes of at least 4 members (excludes halogenated alkanes) is 1. The van der Waals surface area contributed by atoms with Gasteiger partial charge in [0.25, 0.3) is 0 Å². The standard InChI is InChI=1S/C16H26N2O2S/c1-3-18(16-9-5-4-8-14(16)2)21(19,20)13-7-6-12-17-15-10-11-15/h4-5,8-9,15,17H,3,6-7,10-13H2,1-2H3. The van der Waals surface area contributed by atoms with Crippen molar-refractivity contribution in [3.05, 3.63) is 29.8 Å². The number of nitrogens with one attached hydrogen (secondary N) is 1. The average molecular weight is 310 g/mol. The lowest BCUT2D eigenvalue weighted by atomic mass is 10.2. The first-order chi connectivity index (χ1) is 10.0. The Balaban J connectivity index is 1.90. The predicted octanol–water partition coefficient (Wildman–Crippen LogP) is 2.68. The first kappa shape index (κ1) is 16.3. The molecule has 4 nitrogen and oxygen atoms in total. The maximum Gasteiger partial charge on any atom is 0.235 e. The molecule has 1 aliphatic rings. The number of sulfonamides is 1. The van der Waals surface area contributed by atoms with Crippen LogP contribution in [0.2, 0.25) is 0 Å². The van der Waals surface area contributed by atoms with Crippen molar-refractivity contribution in [1.82, 2.24) is 5.32 Å². The van der Waals surface area contributed by atoms with E-state index in [2.05, 4.69) is 5.32 Å². The van der Waals surface area contributed by atoms with Gasteiger partial charge in [-0.05, 0) is 57.7 Å². The molecule has 0 atom stereocenters. The Morgan fingerprint density at radius 1 is 1.24 bits per heavy atom. The zero-order valence-electron chi connectivity index (χ0n) is 13.0. The van der Waals surface area contributed by atoms with Gasteiger partial charge in [-0.3, -0.25) is 4.31 Å². The highest BCUT2D eigenvalue weighted by Gasteiger charge is 2.22. The molecule has 2 rings (SSSR count). The van der Waals surface area contributed by atoms with Crippen molar-refractivity contribution in [1.29, 1.82) is 0 Å². The van der Waals surface area contributed by atoms with Crippen molar-refractivity contribution in [3.8, 4) is 0 Å². The zero-order chi connectivity index (χ0) is 15.3. The normalized spacial score (nSPS) is 15.1. The van der Waals surface area contributed by atoms with Crippen molar-refractivity contribution in [2.75, 3.05) is 23.1 Å². The highest BCUT2D eigenvalue weighted by atomic mass is 32.2. The molecule has 1 aromatic rings. The second-order valence-electron chi connectivity index (χ2n) is 5.70. The molecule has 0 radical (unpaired) electrons. The quantitative estimate of drug-likeness (QED) is 0.713. The number of hydrogen-bond donors (Lipinski definition) is 1. The van der Waals surface area contributed by atoms with E-state index in [0.29, 0.717) is 19.0 Å². The van der Waals surface area contributed by atoms with Gasteiger partial charge in [0.05, 0.1) is 11.4 Å². The molecule has 0 heterocycles. The van der Waals surface area contributed by atoms with Gasteiger partial charge in [-0.1, -0.05) is 18.2 Å². The van der Waals surface area contributed by atoms with Gasteiger partial charge in [-0.2, -0.15) is 0 Å². The molecule has 1 aromatic carbocycles. The van der Waals surface area contributed by atoms with Crippen LogP contribution in [-0.2, 0) is 10.0 Å². The third-order valence-corrected chi connectivity index (χ3v) is 5.78. The van der Waals surface area contributed by atoms with Gasteiger partial charge in [0.1, 0.15) is 0 Å². The second kappa shape index (κ2) is 7.27. The van der Waals surface area contributed by atoms with Gasteiger partial charge in [-0.25, -0.2) is 8.42 Å². The van der Waals surface area contributed by atoms with Crippen LogP contribution in [0.15, 0.2) is 24.3 Å². The highest BCUT2D eigenvalue weighted by molar-refractivity contribution is 7.92. The molecule has 0 spiro atoms. The number of para-hydroxylation sites is 1. The maximum atomic E-state index is 12.5. The SMILES string of the molecule is CCN(c1ccccc1C)S(=O)(=O)CCCCNC1CC1. The fraction of sp³-hybridized carbons (Fsp3) is 0.625. The van der Waals surface area contributed by atoms with Crippen molar-refractivity contribution >= 4 is 15.7 Å². The molecule has 0 aliphatic heterocycles. The van der Waals surface area contributed by atoms with Crippen LogP contribution in [0.4, 0.5) is 5.69 Å². The van der Waals surface area contributed by atoms with Gasteiger partial charge in [0.15, 0.2) is 0 Å². The Labute approximate surface area is 128 Å². The Bertz CT molecular complexity index is 553. The van der Waals surface area contributed by atoms with Crippen molar-refractivity contribution in [2.24, 2.45) is 0 Å². The lowest BCUT2D eigenvalue weighted by Crippen LogP contribution is -2.33. The molecule has 1 fully saturated rings. The van der Waals surface area contributed by atoms with Crippen LogP contribution in [0.5, 0.6) is 0 Å². The number of benzene rings is 1. The Morgan fingerprint density at radius 2 is 1.95 bits per heavy atom. The van der Waals surface area contributed by atoms with E-state index in [1.54, 1.807) is 0 Å². The van der Waals surface area contributed by atoms with Gasteiger partial charge in [0.2, 0.25) is 10.0 Å². The number of hydrogen-bond acceptors (Lipinski definition) is 3. The third kappa shape index (κ3) is 4.71. The van der Waals surface area contributed by atoms with Crippen LogP contribution in [0.25, 0.3) is 0 Å². The van der Waals surface area contributed by atoms with E-state index in [9.17, 15) is 8.42 Å². The molecule has 0 unspecified atom stereocenters. The smallest absolute Gasteiger partial charge is 0.235 e. The maximum absolute atomic E-state index is 12.5. The number of nitrogens with zero attached hydrogens (tertiary/aromatic N) is 1. The van der Waals surface area contributed by atoms with E-state index in [-0.39, 0.29) is 5.75 Å². The van der Waals surface area contributed by atoms with E-state index >= 15 is 0 Å². The Hall–Kier alpha value is -1.07. The third-order valence-electron chi connectivity index (χ3n) is 3.85. The lowest BCUT2D eigenvalue weighted by Gasteiger charge is -2.24. The Morgan fingerprint density at radius 3 is 2.57 bits per heavy atom. The summed E-state index contributed by atoms with van der Waals surface area (Å²) in [4.78, 5) is 0. The van der Waals surface area contributed by atoms with Gasteiger partial charge in [0, 0.05) is 12.6 Å². The molecule has 0 bridgehead atoms. The molecule has 0 saturated heterocycles. The predicted molar refractivity (Wildman–Crippen MR) is 88.2 cm³/mol. The largest absolute Gasteiger partial charge is 0.314 e. The molecule has 21 heavy (non-hydrogen) atoms. The molecular formula is C16H26N2O2S. The minimum atomic E-state index is -3.23. The molecule has 118 valence electrons. The number of anilines is 1. The fourth-order valence-electron chi connectivity index (χ4n) is 2.47. The minimum Gasteiger partial charge on any atom is -0.314 e. The Kier molecular flexibility index (Phi) is 5.65. The summed E-state index contributed by atoms with van der Waals surface area (Å²) in [6, 6.07) is 8.35. The summed E-state index contributed by atoms with van der Waals surface area (Å²) in [5.41, 5.74) is 1.80. The van der Waals surface area contributed by atoms with Crippen LogP contribution >= 0.6 is 0 Å². The van der Waals surface area contributed by atoms with Gasteiger partial charge >= 0.3 is 0 Å². The summed E-state index contributed by atoms with van der Waals surface area (Å²) in [7, 11) is -3.23.